The van der Waals surface area contributed by atoms with E-state index in [0.29, 0.717) is 56.7 Å². The van der Waals surface area contributed by atoms with Crippen LogP contribution in [0.2, 0.25) is 0 Å². The largest absolute Gasteiger partial charge is 0.507 e. The summed E-state index contributed by atoms with van der Waals surface area (Å²) in [4.78, 5) is 42.7. The van der Waals surface area contributed by atoms with Gasteiger partial charge in [0, 0.05) is 63.5 Å². The normalized spacial score (nSPS) is 21.3. The minimum absolute atomic E-state index is 0.0403. The molecule has 12 nitrogen and oxygen atoms in total. The third-order valence-corrected chi connectivity index (χ3v) is 14.7. The average Bonchev–Trinajstić information content (AvgIpc) is 4.06. The second-order valence-corrected chi connectivity index (χ2v) is 18.3. The van der Waals surface area contributed by atoms with E-state index in [4.69, 9.17) is 4.74 Å². The number of urea groups is 1. The molecule has 4 heterocycles. The number of aryl methyl sites for hydroxylation is 2. The second kappa shape index (κ2) is 17.3. The van der Waals surface area contributed by atoms with Crippen molar-refractivity contribution in [3.8, 4) is 5.75 Å². The van der Waals surface area contributed by atoms with Gasteiger partial charge in [0.25, 0.3) is 0 Å². The molecule has 7 rings (SSSR count). The lowest BCUT2D eigenvalue weighted by Gasteiger charge is -2.40. The number of hydrogen-bond acceptors (Lipinski definition) is 7. The van der Waals surface area contributed by atoms with Crippen LogP contribution in [0.3, 0.4) is 0 Å². The average molecular weight is 766 g/mol. The number of para-hydroxylation sites is 1. The molecule has 1 saturated carbocycles. The first kappa shape index (κ1) is 39.8. The summed E-state index contributed by atoms with van der Waals surface area (Å²) in [5.41, 5.74) is 4.89. The minimum atomic E-state index is -3.04. The van der Waals surface area contributed by atoms with Gasteiger partial charge in [-0.05, 0) is 118 Å². The van der Waals surface area contributed by atoms with Crippen molar-refractivity contribution in [2.45, 2.75) is 96.3 Å². The number of anilines is 1. The van der Waals surface area contributed by atoms with Crippen LogP contribution >= 0.6 is 0 Å². The zero-order valence-electron chi connectivity index (χ0n) is 32.5. The molecule has 2 N–H and O–H groups in total. The van der Waals surface area contributed by atoms with Gasteiger partial charge in [0.1, 0.15) is 5.75 Å². The Balaban J connectivity index is 0.000000197. The summed E-state index contributed by atoms with van der Waals surface area (Å²) in [6.45, 7) is 10.7. The molecule has 4 amide bonds. The molecule has 1 aliphatic carbocycles. The van der Waals surface area contributed by atoms with Gasteiger partial charge in [0.05, 0.1) is 12.4 Å². The summed E-state index contributed by atoms with van der Waals surface area (Å²) in [5, 5.41) is 12.9. The molecule has 2 aromatic carbocycles. The third-order valence-electron chi connectivity index (χ3n) is 12.3. The number of sulfonamides is 1. The first-order chi connectivity index (χ1) is 25.8. The Morgan fingerprint density at radius 1 is 0.852 bits per heavy atom. The summed E-state index contributed by atoms with van der Waals surface area (Å²) in [6.07, 6.45) is 8.47. The van der Waals surface area contributed by atoms with Gasteiger partial charge >= 0.3 is 12.1 Å². The Labute approximate surface area is 321 Å². The summed E-state index contributed by atoms with van der Waals surface area (Å²) in [7, 11) is -1.64. The van der Waals surface area contributed by atoms with Gasteiger partial charge in [-0.1, -0.05) is 37.3 Å². The van der Waals surface area contributed by atoms with E-state index in [1.807, 2.05) is 60.9 Å². The highest BCUT2D eigenvalue weighted by Gasteiger charge is 2.42. The lowest BCUT2D eigenvalue weighted by molar-refractivity contribution is -0.136. The molecule has 0 spiro atoms. The molecule has 5 aliphatic rings. The van der Waals surface area contributed by atoms with Crippen LogP contribution in [0, 0.1) is 31.6 Å². The van der Waals surface area contributed by atoms with Crippen molar-refractivity contribution in [1.29, 1.82) is 0 Å². The molecule has 1 atom stereocenters. The lowest BCUT2D eigenvalue weighted by Crippen LogP contribution is -2.50. The number of benzene rings is 2. The Morgan fingerprint density at radius 2 is 1.43 bits per heavy atom. The maximum Gasteiger partial charge on any atom is 0.409 e. The molecule has 0 bridgehead atoms. The van der Waals surface area contributed by atoms with Crippen molar-refractivity contribution < 1.29 is 32.6 Å². The lowest BCUT2D eigenvalue weighted by atomic mass is 9.79. The first-order valence-corrected chi connectivity index (χ1v) is 21.4. The Morgan fingerprint density at radius 3 is 2.02 bits per heavy atom. The van der Waals surface area contributed by atoms with Gasteiger partial charge in [-0.15, -0.1) is 0 Å². The number of phenolic OH excluding ortho intramolecular Hbond substituents is 1. The molecule has 296 valence electrons. The van der Waals surface area contributed by atoms with Crippen LogP contribution in [0.5, 0.6) is 5.75 Å². The SMILES string of the molecule is COC(=O)N1CCC(N2CCc3ccccc3NC2=O)CC1.Cc1cc(C[C@@H](C)C(=O)N2CCC(C3CCN(S(=O)(=O)C4CC4)CC3)CC2)cc(C)c1O. The zero-order valence-corrected chi connectivity index (χ0v) is 33.3. The molecular weight excluding hydrogens is 707 g/mol. The zero-order chi connectivity index (χ0) is 38.6. The molecule has 54 heavy (non-hydrogen) atoms. The molecule has 13 heteroatoms. The van der Waals surface area contributed by atoms with E-state index >= 15 is 0 Å². The topological polar surface area (TPSA) is 140 Å². The van der Waals surface area contributed by atoms with E-state index in [9.17, 15) is 27.9 Å². The number of methoxy groups -OCH3 is 1. The highest BCUT2D eigenvalue weighted by molar-refractivity contribution is 7.90. The first-order valence-electron chi connectivity index (χ1n) is 19.9. The second-order valence-electron chi connectivity index (χ2n) is 16.0. The van der Waals surface area contributed by atoms with Crippen LogP contribution in [0.25, 0.3) is 0 Å². The standard InChI is InChI=1S/C25H38N2O4S.C16H21N3O3/c1-17-14-20(15-18(2)24(17)28)16-19(3)25(29)26-10-6-21(7-11-26)22-8-12-27(13-9-22)32(30,31)23-4-5-23;1-22-16(21)18-9-7-13(8-10-18)19-11-6-12-4-2-3-5-14(12)17-15(19)20/h14-15,19,21-23,28H,4-13,16H2,1-3H3;2-5,13H,6-11H2,1H3,(H,17,20)/t19-;/m1./s1. The van der Waals surface area contributed by atoms with E-state index in [-0.39, 0.29) is 35.2 Å². The molecule has 2 aromatic rings. The number of rotatable bonds is 7. The highest BCUT2D eigenvalue weighted by atomic mass is 32.2. The van der Waals surface area contributed by atoms with Crippen molar-refractivity contribution in [2.75, 3.05) is 58.2 Å². The van der Waals surface area contributed by atoms with Crippen molar-refractivity contribution in [3.05, 3.63) is 58.7 Å². The highest BCUT2D eigenvalue weighted by Crippen LogP contribution is 2.37. The number of carbonyl (C=O) groups excluding carboxylic acids is 3. The van der Waals surface area contributed by atoms with Crippen molar-refractivity contribution in [1.82, 2.24) is 19.0 Å². The number of hydrogen-bond donors (Lipinski definition) is 2. The fourth-order valence-corrected chi connectivity index (χ4v) is 10.8. The summed E-state index contributed by atoms with van der Waals surface area (Å²) in [6, 6.07) is 12.0. The van der Waals surface area contributed by atoms with Gasteiger partial charge in [-0.25, -0.2) is 22.3 Å². The van der Waals surface area contributed by atoms with Crippen LogP contribution in [-0.4, -0.2) is 115 Å². The number of fused-ring (bicyclic) bond motifs is 1. The quantitative estimate of drug-likeness (QED) is 0.356. The van der Waals surface area contributed by atoms with E-state index in [1.165, 1.54) is 12.7 Å². The number of amides is 4. The summed E-state index contributed by atoms with van der Waals surface area (Å²) in [5.74, 6) is 1.66. The Kier molecular flexibility index (Phi) is 12.8. The number of nitrogens with zero attached hydrogens (tertiary/aromatic N) is 4. The fourth-order valence-electron chi connectivity index (χ4n) is 8.91. The monoisotopic (exact) mass is 765 g/mol. The van der Waals surface area contributed by atoms with E-state index in [2.05, 4.69) is 11.4 Å². The molecule has 0 unspecified atom stereocenters. The number of ether oxygens (including phenoxy) is 1. The number of phenols is 1. The Bertz CT molecular complexity index is 1740. The predicted octanol–water partition coefficient (Wildman–Crippen LogP) is 5.94. The van der Waals surface area contributed by atoms with Crippen LogP contribution in [0.1, 0.15) is 80.5 Å². The van der Waals surface area contributed by atoms with Gasteiger partial charge < -0.3 is 29.9 Å². The van der Waals surface area contributed by atoms with Crippen LogP contribution in [0.15, 0.2) is 36.4 Å². The molecule has 0 radical (unpaired) electrons. The Hall–Kier alpha value is -3.84. The van der Waals surface area contributed by atoms with Gasteiger partial charge in [-0.2, -0.15) is 0 Å². The molecule has 0 aromatic heterocycles. The molecule has 3 saturated heterocycles. The van der Waals surface area contributed by atoms with Crippen molar-refractivity contribution in [2.24, 2.45) is 17.8 Å². The van der Waals surface area contributed by atoms with Crippen LogP contribution in [-0.2, 0) is 32.4 Å². The van der Waals surface area contributed by atoms with Crippen LogP contribution < -0.4 is 5.32 Å². The smallest absolute Gasteiger partial charge is 0.409 e. The fraction of sp³-hybridized carbons (Fsp3) is 0.634. The number of aromatic hydroxyl groups is 1. The van der Waals surface area contributed by atoms with Gasteiger partial charge in [-0.3, -0.25) is 4.79 Å². The number of likely N-dealkylation sites (tertiary alicyclic amines) is 2. The van der Waals surface area contributed by atoms with Gasteiger partial charge in [0.15, 0.2) is 0 Å². The molecule has 4 aliphatic heterocycles. The number of piperidine rings is 3. The molecule has 4 fully saturated rings. The maximum absolute atomic E-state index is 13.0. The molecular formula is C41H59N5O7S. The van der Waals surface area contributed by atoms with E-state index in [0.717, 1.165) is 93.3 Å². The summed E-state index contributed by atoms with van der Waals surface area (Å²) >= 11 is 0. The van der Waals surface area contributed by atoms with Gasteiger partial charge in [0.2, 0.25) is 15.9 Å². The van der Waals surface area contributed by atoms with E-state index in [1.54, 1.807) is 9.21 Å². The number of carbonyl (C=O) groups is 3. The maximum atomic E-state index is 13.0. The third kappa shape index (κ3) is 9.33. The summed E-state index contributed by atoms with van der Waals surface area (Å²) < 4.78 is 31.4. The van der Waals surface area contributed by atoms with Crippen molar-refractivity contribution in [3.63, 3.8) is 0 Å². The van der Waals surface area contributed by atoms with Crippen LogP contribution in [0.4, 0.5) is 15.3 Å². The van der Waals surface area contributed by atoms with Crippen molar-refractivity contribution >= 4 is 33.7 Å². The minimum Gasteiger partial charge on any atom is -0.507 e. The van der Waals surface area contributed by atoms with E-state index < -0.39 is 10.0 Å². The number of nitrogens with one attached hydrogen (secondary N) is 1. The predicted molar refractivity (Wildman–Crippen MR) is 209 cm³/mol.